The molecule has 0 aromatic carbocycles. The van der Waals surface area contributed by atoms with Crippen molar-refractivity contribution in [1.82, 2.24) is 0 Å². The molecule has 0 bridgehead atoms. The Labute approximate surface area is 37.6 Å². The summed E-state index contributed by atoms with van der Waals surface area (Å²) in [5.74, 6) is 0. The lowest BCUT2D eigenvalue weighted by molar-refractivity contribution is 0.488. The van der Waals surface area contributed by atoms with Crippen LogP contribution in [0.1, 0.15) is 0 Å². The van der Waals surface area contributed by atoms with Gasteiger partial charge in [0.25, 0.3) is 0 Å². The molecular weight excluding hydrogens is 99.0 g/mol. The minimum atomic E-state index is -2.76. The molecule has 1 radical (unpaired) electrons. The molecule has 37 valence electrons. The third kappa shape index (κ3) is 4.19. The molecule has 0 heterocycles. The van der Waals surface area contributed by atoms with Crippen molar-refractivity contribution in [1.29, 1.82) is 0 Å². The molecule has 0 aliphatic carbocycles. The highest BCUT2D eigenvalue weighted by molar-refractivity contribution is 7.57. The van der Waals surface area contributed by atoms with E-state index in [2.05, 4.69) is 6.92 Å². The molecule has 1 atom stereocenters. The van der Waals surface area contributed by atoms with Crippen LogP contribution in [-0.2, 0) is 4.57 Å². The molecule has 0 fully saturated rings. The van der Waals surface area contributed by atoms with E-state index < -0.39 is 7.37 Å². The molecule has 0 aliphatic rings. The zero-order valence-electron chi connectivity index (χ0n) is 3.72. The summed E-state index contributed by atoms with van der Waals surface area (Å²) in [6, 6.07) is 0. The van der Waals surface area contributed by atoms with Gasteiger partial charge in [-0.2, -0.15) is 0 Å². The number of hydrogen-bond donors (Lipinski definition) is 1. The third-order valence-corrected chi connectivity index (χ3v) is 1.24. The first-order valence-corrected chi connectivity index (χ1v) is 3.94. The molecule has 0 saturated heterocycles. The quantitative estimate of drug-likeness (QED) is 0.501. The van der Waals surface area contributed by atoms with Gasteiger partial charge in [-0.15, -0.1) is 0 Å². The van der Waals surface area contributed by atoms with Crippen LogP contribution in [0.5, 0.6) is 0 Å². The van der Waals surface area contributed by atoms with E-state index in [1.165, 1.54) is 6.66 Å². The van der Waals surface area contributed by atoms with Crippen LogP contribution < -0.4 is 0 Å². The highest BCUT2D eigenvalue weighted by Gasteiger charge is 2.01. The van der Waals surface area contributed by atoms with E-state index in [9.17, 15) is 4.57 Å². The molecule has 0 amide bonds. The predicted octanol–water partition coefficient (Wildman–Crippen LogP) is 0.721. The van der Waals surface area contributed by atoms with Crippen LogP contribution in [0.15, 0.2) is 0 Å². The Morgan fingerprint density at radius 2 is 2.17 bits per heavy atom. The van der Waals surface area contributed by atoms with Gasteiger partial charge >= 0.3 is 0 Å². The van der Waals surface area contributed by atoms with E-state index in [-0.39, 0.29) is 6.16 Å². The van der Waals surface area contributed by atoms with Crippen molar-refractivity contribution in [3.05, 3.63) is 6.92 Å². The van der Waals surface area contributed by atoms with E-state index in [1.807, 2.05) is 0 Å². The van der Waals surface area contributed by atoms with Gasteiger partial charge in [-0.1, -0.05) is 0 Å². The normalized spacial score (nSPS) is 19.8. The van der Waals surface area contributed by atoms with Crippen LogP contribution in [0.25, 0.3) is 0 Å². The minimum Gasteiger partial charge on any atom is -0.344 e. The fourth-order valence-electron chi connectivity index (χ4n) is 0. The molecule has 0 aliphatic heterocycles. The zero-order chi connectivity index (χ0) is 5.21. The molecule has 3 heteroatoms. The van der Waals surface area contributed by atoms with Crippen LogP contribution in [0.4, 0.5) is 0 Å². The Morgan fingerprint density at radius 1 is 2.00 bits per heavy atom. The van der Waals surface area contributed by atoms with Crippen LogP contribution in [-0.4, -0.2) is 17.7 Å². The second kappa shape index (κ2) is 1.76. The first-order valence-electron chi connectivity index (χ1n) is 1.65. The topological polar surface area (TPSA) is 37.3 Å². The van der Waals surface area contributed by atoms with Gasteiger partial charge in [0.05, 0.1) is 0 Å². The van der Waals surface area contributed by atoms with Crippen molar-refractivity contribution in [2.75, 3.05) is 12.8 Å². The summed E-state index contributed by atoms with van der Waals surface area (Å²) in [5.41, 5.74) is 0. The average molecular weight is 107 g/mol. The monoisotopic (exact) mass is 107 g/mol. The first kappa shape index (κ1) is 6.19. The Bertz CT molecular complexity index is 72.9. The molecule has 0 aromatic rings. The summed E-state index contributed by atoms with van der Waals surface area (Å²) in [5, 5.41) is 0. The number of rotatable bonds is 1. The van der Waals surface area contributed by atoms with Crippen LogP contribution in [0, 0.1) is 6.92 Å². The lowest BCUT2D eigenvalue weighted by Crippen LogP contribution is -1.76. The maximum absolute atomic E-state index is 10.1. The van der Waals surface area contributed by atoms with Crippen LogP contribution >= 0.6 is 7.37 Å². The predicted molar refractivity (Wildman–Crippen MR) is 26.0 cm³/mol. The molecule has 1 N–H and O–H groups in total. The van der Waals surface area contributed by atoms with Crippen LogP contribution in [0.3, 0.4) is 0 Å². The maximum Gasteiger partial charge on any atom is 0.197 e. The van der Waals surface area contributed by atoms with Gasteiger partial charge in [0.15, 0.2) is 7.37 Å². The highest BCUT2D eigenvalue weighted by atomic mass is 31.2. The molecule has 0 rings (SSSR count). The lowest BCUT2D eigenvalue weighted by Gasteiger charge is -1.94. The second-order valence-corrected chi connectivity index (χ2v) is 3.82. The van der Waals surface area contributed by atoms with Gasteiger partial charge in [0.2, 0.25) is 0 Å². The Kier molecular flexibility index (Phi) is 1.82. The van der Waals surface area contributed by atoms with Crippen molar-refractivity contribution < 1.29 is 9.46 Å². The van der Waals surface area contributed by atoms with Crippen molar-refractivity contribution in [3.8, 4) is 0 Å². The summed E-state index contributed by atoms with van der Waals surface area (Å²) in [7, 11) is -2.76. The lowest BCUT2D eigenvalue weighted by atomic mass is 11.0. The molecule has 1 unspecified atom stereocenters. The Morgan fingerprint density at radius 3 is 2.17 bits per heavy atom. The van der Waals surface area contributed by atoms with Crippen molar-refractivity contribution >= 4 is 7.37 Å². The van der Waals surface area contributed by atoms with Crippen molar-refractivity contribution in [2.45, 2.75) is 0 Å². The van der Waals surface area contributed by atoms with E-state index in [1.54, 1.807) is 0 Å². The number of hydrogen-bond acceptors (Lipinski definition) is 1. The average Bonchev–Trinajstić information content (AvgIpc) is 1.35. The zero-order valence-corrected chi connectivity index (χ0v) is 4.61. The fraction of sp³-hybridized carbons (Fsp3) is 0.667. The van der Waals surface area contributed by atoms with Gasteiger partial charge in [-0.25, -0.2) is 0 Å². The van der Waals surface area contributed by atoms with Gasteiger partial charge < -0.3 is 4.89 Å². The summed E-state index contributed by atoms with van der Waals surface area (Å²) >= 11 is 0. The standard InChI is InChI=1S/C3H8O2P/c1-3-6(2,4)5/h1,3H2,2H3,(H,4,5). The van der Waals surface area contributed by atoms with Crippen molar-refractivity contribution in [3.63, 3.8) is 0 Å². The minimum absolute atomic E-state index is 0.132. The largest absolute Gasteiger partial charge is 0.344 e. The molecule has 0 spiro atoms. The van der Waals surface area contributed by atoms with Gasteiger partial charge in [0, 0.05) is 12.8 Å². The van der Waals surface area contributed by atoms with Gasteiger partial charge in [-0.05, 0) is 6.92 Å². The smallest absolute Gasteiger partial charge is 0.197 e. The summed E-state index contributed by atoms with van der Waals surface area (Å²) in [6.45, 7) is 4.54. The first-order chi connectivity index (χ1) is 2.56. The van der Waals surface area contributed by atoms with E-state index >= 15 is 0 Å². The third-order valence-electron chi connectivity index (χ3n) is 0.415. The highest BCUT2D eigenvalue weighted by Crippen LogP contribution is 2.33. The second-order valence-electron chi connectivity index (χ2n) is 1.27. The van der Waals surface area contributed by atoms with E-state index in [0.29, 0.717) is 0 Å². The van der Waals surface area contributed by atoms with Crippen molar-refractivity contribution in [2.24, 2.45) is 0 Å². The summed E-state index contributed by atoms with van der Waals surface area (Å²) < 4.78 is 10.1. The van der Waals surface area contributed by atoms with Crippen LogP contribution in [0.2, 0.25) is 0 Å². The molecular formula is C3H8O2P. The molecule has 0 aromatic heterocycles. The van der Waals surface area contributed by atoms with E-state index in [0.717, 1.165) is 0 Å². The summed E-state index contributed by atoms with van der Waals surface area (Å²) in [6.07, 6.45) is 0.132. The SMILES string of the molecule is [CH2]CP(C)(=O)O. The molecule has 2 nitrogen and oxygen atoms in total. The van der Waals surface area contributed by atoms with E-state index in [4.69, 9.17) is 4.89 Å². The molecule has 0 saturated carbocycles. The Hall–Kier alpha value is 0.190. The maximum atomic E-state index is 10.1. The van der Waals surface area contributed by atoms with Gasteiger partial charge in [0.1, 0.15) is 0 Å². The fourth-order valence-corrected chi connectivity index (χ4v) is 0. The summed E-state index contributed by atoms with van der Waals surface area (Å²) in [4.78, 5) is 8.32. The molecule has 6 heavy (non-hydrogen) atoms. The van der Waals surface area contributed by atoms with Gasteiger partial charge in [-0.3, -0.25) is 4.57 Å². The Balaban J connectivity index is 3.48.